The molecule has 0 amide bonds. The normalized spacial score (nSPS) is 19.9. The van der Waals surface area contributed by atoms with Gasteiger partial charge in [0.15, 0.2) is 17.3 Å². The molecule has 0 radical (unpaired) electrons. The van der Waals surface area contributed by atoms with Crippen molar-refractivity contribution >= 4 is 17.3 Å². The van der Waals surface area contributed by atoms with Crippen molar-refractivity contribution in [2.75, 3.05) is 6.54 Å². The lowest BCUT2D eigenvalue weighted by Crippen LogP contribution is -2.41. The summed E-state index contributed by atoms with van der Waals surface area (Å²) in [7, 11) is 0. The molecule has 0 spiro atoms. The van der Waals surface area contributed by atoms with Crippen molar-refractivity contribution in [3.05, 3.63) is 99.8 Å². The Hall–Kier alpha value is -4.59. The number of fused-ring (bicyclic) bond motifs is 3. The molecule has 40 heavy (non-hydrogen) atoms. The Bertz CT molecular complexity index is 1580. The standard InChI is InChI=1S/C32H31NO7/c1-17-28(36)26(19(3)34)30-27(29(17)37)32(4)24(40-30)16-22(35)25(31(32)38)18(2)33-13-12-21(23-11-8-14-39-23)15-20-9-6-5-7-10-20/h5-11,14,16,21,33,36-37H,12-13,15H2,1-4H3/b25-18+/t21?,32-/m0/s1. The molecule has 0 saturated carbocycles. The smallest absolute Gasteiger partial charge is 0.194 e. The minimum Gasteiger partial charge on any atom is -0.507 e. The Morgan fingerprint density at radius 3 is 2.42 bits per heavy atom. The number of benzene rings is 2. The van der Waals surface area contributed by atoms with Gasteiger partial charge in [0, 0.05) is 29.8 Å². The van der Waals surface area contributed by atoms with Crippen molar-refractivity contribution < 1.29 is 33.8 Å². The van der Waals surface area contributed by atoms with Crippen LogP contribution in [-0.4, -0.2) is 34.1 Å². The van der Waals surface area contributed by atoms with E-state index in [-0.39, 0.29) is 45.4 Å². The summed E-state index contributed by atoms with van der Waals surface area (Å²) < 4.78 is 11.5. The number of phenols is 2. The molecule has 3 aromatic rings. The number of nitrogens with one attached hydrogen (secondary N) is 1. The van der Waals surface area contributed by atoms with Gasteiger partial charge in [0.2, 0.25) is 0 Å². The lowest BCUT2D eigenvalue weighted by Gasteiger charge is -2.29. The number of ketones is 3. The van der Waals surface area contributed by atoms with Gasteiger partial charge < -0.3 is 24.7 Å². The van der Waals surface area contributed by atoms with Crippen LogP contribution < -0.4 is 10.1 Å². The predicted octanol–water partition coefficient (Wildman–Crippen LogP) is 5.17. The zero-order chi connectivity index (χ0) is 28.8. The molecule has 1 aliphatic heterocycles. The maximum atomic E-state index is 14.0. The number of ether oxygens (including phenoxy) is 1. The molecule has 8 heteroatoms. The first kappa shape index (κ1) is 27.0. The Morgan fingerprint density at radius 2 is 1.77 bits per heavy atom. The highest BCUT2D eigenvalue weighted by atomic mass is 16.5. The molecule has 0 saturated heterocycles. The highest BCUT2D eigenvalue weighted by Crippen LogP contribution is 2.57. The van der Waals surface area contributed by atoms with Crippen molar-refractivity contribution in [3.8, 4) is 17.2 Å². The van der Waals surface area contributed by atoms with E-state index in [1.54, 1.807) is 20.1 Å². The summed E-state index contributed by atoms with van der Waals surface area (Å²) in [6.07, 6.45) is 4.32. The minimum absolute atomic E-state index is 0.0117. The number of carbonyl (C=O) groups is 3. The SMILES string of the molecule is CC(=O)c1c(O)c(C)c(O)c2c1OC1=CC(=O)/C(=C(/C)NCCC(Cc3ccccc3)c3ccco3)C(=O)[C@@]12C. The van der Waals surface area contributed by atoms with Crippen LogP contribution in [0.3, 0.4) is 0 Å². The lowest BCUT2D eigenvalue weighted by molar-refractivity contribution is -0.123. The average Bonchev–Trinajstić information content (AvgIpc) is 3.55. The maximum Gasteiger partial charge on any atom is 0.194 e. The van der Waals surface area contributed by atoms with Crippen LogP contribution in [0, 0.1) is 6.92 Å². The van der Waals surface area contributed by atoms with Crippen LogP contribution >= 0.6 is 0 Å². The molecule has 1 aliphatic carbocycles. The average molecular weight is 542 g/mol. The highest BCUT2D eigenvalue weighted by molar-refractivity contribution is 6.31. The molecule has 2 aromatic carbocycles. The Morgan fingerprint density at radius 1 is 1.05 bits per heavy atom. The quantitative estimate of drug-likeness (QED) is 0.203. The third kappa shape index (κ3) is 4.29. The van der Waals surface area contributed by atoms with Crippen molar-refractivity contribution in [3.63, 3.8) is 0 Å². The van der Waals surface area contributed by atoms with Crippen LogP contribution in [0.4, 0.5) is 0 Å². The molecule has 8 nitrogen and oxygen atoms in total. The van der Waals surface area contributed by atoms with Crippen molar-refractivity contribution in [1.29, 1.82) is 0 Å². The third-order valence-corrected chi connectivity index (χ3v) is 7.91. The Balaban J connectivity index is 1.44. The molecule has 206 valence electrons. The van der Waals surface area contributed by atoms with E-state index in [0.29, 0.717) is 18.7 Å². The van der Waals surface area contributed by atoms with Gasteiger partial charge in [0.1, 0.15) is 39.7 Å². The van der Waals surface area contributed by atoms with E-state index in [1.807, 2.05) is 30.3 Å². The summed E-state index contributed by atoms with van der Waals surface area (Å²) in [6.45, 7) is 6.41. The predicted molar refractivity (Wildman–Crippen MR) is 148 cm³/mol. The monoisotopic (exact) mass is 541 g/mol. The van der Waals surface area contributed by atoms with E-state index in [0.717, 1.165) is 12.2 Å². The first-order chi connectivity index (χ1) is 19.1. The largest absolute Gasteiger partial charge is 0.507 e. The van der Waals surface area contributed by atoms with E-state index in [2.05, 4.69) is 17.4 Å². The zero-order valence-corrected chi connectivity index (χ0v) is 22.8. The van der Waals surface area contributed by atoms with Gasteiger partial charge in [-0.3, -0.25) is 14.4 Å². The molecule has 2 atom stereocenters. The van der Waals surface area contributed by atoms with Crippen LogP contribution in [-0.2, 0) is 21.4 Å². The van der Waals surface area contributed by atoms with E-state index in [4.69, 9.17) is 9.15 Å². The maximum absolute atomic E-state index is 14.0. The first-order valence-electron chi connectivity index (χ1n) is 13.2. The summed E-state index contributed by atoms with van der Waals surface area (Å²) in [6, 6.07) is 13.9. The zero-order valence-electron chi connectivity index (χ0n) is 22.8. The van der Waals surface area contributed by atoms with Gasteiger partial charge in [0.05, 0.1) is 17.4 Å². The van der Waals surface area contributed by atoms with Crippen LogP contribution in [0.1, 0.15) is 65.9 Å². The number of phenolic OH excluding ortho intramolecular Hbond substituents is 2. The second-order valence-electron chi connectivity index (χ2n) is 10.5. The van der Waals surface area contributed by atoms with Crippen LogP contribution in [0.25, 0.3) is 0 Å². The molecule has 0 bridgehead atoms. The number of furan rings is 1. The third-order valence-electron chi connectivity index (χ3n) is 7.91. The molecule has 3 N–H and O–H groups in total. The number of Topliss-reactive ketones (excluding diaryl/α,β-unsaturated/α-hetero) is 2. The number of hydrogen-bond donors (Lipinski definition) is 3. The lowest BCUT2D eigenvalue weighted by atomic mass is 9.70. The highest BCUT2D eigenvalue weighted by Gasteiger charge is 2.56. The second-order valence-corrected chi connectivity index (χ2v) is 10.5. The molecular weight excluding hydrogens is 510 g/mol. The van der Waals surface area contributed by atoms with Crippen LogP contribution in [0.5, 0.6) is 17.2 Å². The summed E-state index contributed by atoms with van der Waals surface area (Å²) in [4.78, 5) is 39.5. The van der Waals surface area contributed by atoms with E-state index >= 15 is 0 Å². The number of allylic oxidation sites excluding steroid dienone is 4. The van der Waals surface area contributed by atoms with Crippen molar-refractivity contribution in [2.24, 2.45) is 0 Å². The fraction of sp³-hybridized carbons (Fsp3) is 0.281. The Kier molecular flexibility index (Phi) is 6.87. The number of hydrogen-bond acceptors (Lipinski definition) is 8. The van der Waals surface area contributed by atoms with Gasteiger partial charge in [-0.25, -0.2) is 0 Å². The van der Waals surface area contributed by atoms with Gasteiger partial charge in [-0.15, -0.1) is 0 Å². The summed E-state index contributed by atoms with van der Waals surface area (Å²) in [5, 5.41) is 24.8. The Labute approximate surface area is 232 Å². The number of rotatable bonds is 8. The molecular formula is C32H31NO7. The van der Waals surface area contributed by atoms with Crippen LogP contribution in [0.15, 0.2) is 76.3 Å². The van der Waals surface area contributed by atoms with E-state index in [1.165, 1.54) is 25.5 Å². The summed E-state index contributed by atoms with van der Waals surface area (Å²) in [5.41, 5.74) is -0.0177. The number of aromatic hydroxyl groups is 2. The molecule has 0 fully saturated rings. The molecule has 1 unspecified atom stereocenters. The first-order valence-corrected chi connectivity index (χ1v) is 13.2. The van der Waals surface area contributed by atoms with E-state index < -0.39 is 28.5 Å². The van der Waals surface area contributed by atoms with Gasteiger partial charge in [-0.1, -0.05) is 30.3 Å². The fourth-order valence-corrected chi connectivity index (χ4v) is 5.65. The van der Waals surface area contributed by atoms with Crippen LogP contribution in [0.2, 0.25) is 0 Å². The van der Waals surface area contributed by atoms with Crippen molar-refractivity contribution in [1.82, 2.24) is 5.32 Å². The summed E-state index contributed by atoms with van der Waals surface area (Å²) >= 11 is 0. The van der Waals surface area contributed by atoms with Gasteiger partial charge in [-0.2, -0.15) is 0 Å². The van der Waals surface area contributed by atoms with Gasteiger partial charge >= 0.3 is 0 Å². The van der Waals surface area contributed by atoms with Gasteiger partial charge in [0.25, 0.3) is 0 Å². The fourth-order valence-electron chi connectivity index (χ4n) is 5.65. The minimum atomic E-state index is -1.54. The van der Waals surface area contributed by atoms with Crippen molar-refractivity contribution in [2.45, 2.75) is 51.9 Å². The van der Waals surface area contributed by atoms with Gasteiger partial charge in [-0.05, 0) is 58.2 Å². The number of carbonyl (C=O) groups excluding carboxylic acids is 3. The topological polar surface area (TPSA) is 126 Å². The molecule has 5 rings (SSSR count). The molecule has 2 aliphatic rings. The molecule has 1 aromatic heterocycles. The second kappa shape index (κ2) is 10.2. The molecule has 2 heterocycles. The van der Waals surface area contributed by atoms with E-state index in [9.17, 15) is 24.6 Å². The summed E-state index contributed by atoms with van der Waals surface area (Å²) in [5.74, 6) is -1.50.